The highest BCUT2D eigenvalue weighted by Gasteiger charge is 2.11. The molecule has 4 N–H and O–H groups in total. The molecule has 0 aromatic carbocycles. The van der Waals surface area contributed by atoms with Gasteiger partial charge in [-0.2, -0.15) is 0 Å². The fourth-order valence-electron chi connectivity index (χ4n) is 0.647. The van der Waals surface area contributed by atoms with E-state index in [1.807, 2.05) is 12.4 Å². The summed E-state index contributed by atoms with van der Waals surface area (Å²) in [6.45, 7) is 3.69. The summed E-state index contributed by atoms with van der Waals surface area (Å²) < 4.78 is 0. The summed E-state index contributed by atoms with van der Waals surface area (Å²) in [4.78, 5) is 0. The van der Waals surface area contributed by atoms with Crippen LogP contribution in [0, 0.1) is 0 Å². The Kier molecular flexibility index (Phi) is 4.61. The van der Waals surface area contributed by atoms with Gasteiger partial charge in [-0.3, -0.25) is 0 Å². The lowest BCUT2D eigenvalue weighted by Gasteiger charge is -2.18. The second-order valence-corrected chi connectivity index (χ2v) is 2.06. The van der Waals surface area contributed by atoms with Gasteiger partial charge in [0.15, 0.2) is 0 Å². The second kappa shape index (κ2) is 4.69. The van der Waals surface area contributed by atoms with E-state index >= 15 is 0 Å². The molecular weight excluding hydrogens is 120 g/mol. The quantitative estimate of drug-likeness (QED) is 0.412. The largest absolute Gasteiger partial charge is 0.316 e. The number of hydroxylamine groups is 2. The van der Waals surface area contributed by atoms with Crippen LogP contribution in [-0.4, -0.2) is 22.5 Å². The molecular formula is C5H14N2O2. The zero-order valence-corrected chi connectivity index (χ0v) is 5.76. The summed E-state index contributed by atoms with van der Waals surface area (Å²) in [5.74, 6) is 0. The fraction of sp³-hybridized carbons (Fsp3) is 1.00. The minimum absolute atomic E-state index is 0.0880. The highest BCUT2D eigenvalue weighted by Crippen LogP contribution is 1.94. The monoisotopic (exact) mass is 134 g/mol. The van der Waals surface area contributed by atoms with E-state index in [-0.39, 0.29) is 12.1 Å². The van der Waals surface area contributed by atoms with Crippen LogP contribution in [0.3, 0.4) is 0 Å². The van der Waals surface area contributed by atoms with Crippen LogP contribution in [0.4, 0.5) is 0 Å². The van der Waals surface area contributed by atoms with Crippen LogP contribution in [0.25, 0.3) is 0 Å². The third-order valence-corrected chi connectivity index (χ3v) is 1.41. The second-order valence-electron chi connectivity index (χ2n) is 2.06. The van der Waals surface area contributed by atoms with Crippen molar-refractivity contribution in [2.75, 3.05) is 0 Å². The third kappa shape index (κ3) is 2.76. The Labute approximate surface area is 54.8 Å². The van der Waals surface area contributed by atoms with E-state index in [0.29, 0.717) is 0 Å². The third-order valence-electron chi connectivity index (χ3n) is 1.41. The van der Waals surface area contributed by atoms with E-state index in [1.54, 1.807) is 6.92 Å². The van der Waals surface area contributed by atoms with Gasteiger partial charge in [-0.05, 0) is 13.3 Å². The lowest BCUT2D eigenvalue weighted by molar-refractivity contribution is 0.0560. The molecule has 0 amide bonds. The Morgan fingerprint density at radius 1 is 1.33 bits per heavy atom. The molecule has 0 heterocycles. The van der Waals surface area contributed by atoms with E-state index < -0.39 is 0 Å². The SMILES string of the molecule is CCC(NO)C(C)NO. The highest BCUT2D eigenvalue weighted by molar-refractivity contribution is 4.70. The van der Waals surface area contributed by atoms with E-state index in [0.717, 1.165) is 6.42 Å². The molecule has 0 fully saturated rings. The van der Waals surface area contributed by atoms with Gasteiger partial charge in [0.1, 0.15) is 0 Å². The first-order chi connectivity index (χ1) is 4.26. The van der Waals surface area contributed by atoms with Gasteiger partial charge in [0, 0.05) is 12.1 Å². The first-order valence-electron chi connectivity index (χ1n) is 3.05. The molecule has 9 heavy (non-hydrogen) atoms. The number of nitrogens with one attached hydrogen (secondary N) is 2. The lowest BCUT2D eigenvalue weighted by Crippen LogP contribution is -2.43. The van der Waals surface area contributed by atoms with Crippen molar-refractivity contribution in [3.8, 4) is 0 Å². The Hall–Kier alpha value is -0.160. The molecule has 56 valence electrons. The Bertz CT molecular complexity index is 66.0. The van der Waals surface area contributed by atoms with Crippen LogP contribution in [0.2, 0.25) is 0 Å². The maximum atomic E-state index is 8.43. The molecule has 0 aliphatic carbocycles. The van der Waals surface area contributed by atoms with Crippen LogP contribution in [-0.2, 0) is 0 Å². The molecule has 0 radical (unpaired) electrons. The van der Waals surface area contributed by atoms with Crippen molar-refractivity contribution in [1.29, 1.82) is 0 Å². The maximum Gasteiger partial charge on any atom is 0.0490 e. The van der Waals surface area contributed by atoms with Crippen molar-refractivity contribution in [2.24, 2.45) is 0 Å². The summed E-state index contributed by atoms with van der Waals surface area (Å²) in [7, 11) is 0. The standard InChI is InChI=1S/C5H14N2O2/c1-3-5(7-9)4(2)6-8/h4-9H,3H2,1-2H3. The maximum absolute atomic E-state index is 8.43. The molecule has 2 unspecified atom stereocenters. The number of rotatable bonds is 4. The first-order valence-corrected chi connectivity index (χ1v) is 3.05. The number of hydrogen-bond donors (Lipinski definition) is 4. The normalized spacial score (nSPS) is 17.3. The molecule has 0 spiro atoms. The molecule has 4 nitrogen and oxygen atoms in total. The van der Waals surface area contributed by atoms with Gasteiger partial charge in [0.05, 0.1) is 0 Å². The smallest absolute Gasteiger partial charge is 0.0490 e. The van der Waals surface area contributed by atoms with Crippen LogP contribution in [0.5, 0.6) is 0 Å². The van der Waals surface area contributed by atoms with Gasteiger partial charge < -0.3 is 10.4 Å². The van der Waals surface area contributed by atoms with E-state index in [1.165, 1.54) is 0 Å². The summed E-state index contributed by atoms with van der Waals surface area (Å²) in [5.41, 5.74) is 4.12. The van der Waals surface area contributed by atoms with Crippen molar-refractivity contribution in [1.82, 2.24) is 11.0 Å². The molecule has 0 aromatic rings. The summed E-state index contributed by atoms with van der Waals surface area (Å²) in [6, 6.07) is -0.213. The molecule has 0 saturated carbocycles. The fourth-order valence-corrected chi connectivity index (χ4v) is 0.647. The predicted octanol–water partition coefficient (Wildman–Crippen LogP) is 0.111. The predicted molar refractivity (Wildman–Crippen MR) is 33.4 cm³/mol. The van der Waals surface area contributed by atoms with Gasteiger partial charge in [-0.15, -0.1) is 0 Å². The Morgan fingerprint density at radius 2 is 1.89 bits per heavy atom. The highest BCUT2D eigenvalue weighted by atomic mass is 16.5. The van der Waals surface area contributed by atoms with Crippen molar-refractivity contribution >= 4 is 0 Å². The van der Waals surface area contributed by atoms with Crippen LogP contribution in [0.1, 0.15) is 20.3 Å². The van der Waals surface area contributed by atoms with E-state index in [9.17, 15) is 0 Å². The molecule has 0 bridgehead atoms. The van der Waals surface area contributed by atoms with Crippen LogP contribution in [0.15, 0.2) is 0 Å². The van der Waals surface area contributed by atoms with Gasteiger partial charge in [-0.1, -0.05) is 6.92 Å². The topological polar surface area (TPSA) is 64.5 Å². The molecule has 0 aliphatic rings. The van der Waals surface area contributed by atoms with Crippen molar-refractivity contribution in [2.45, 2.75) is 32.4 Å². The average Bonchev–Trinajstić information content (AvgIpc) is 1.90. The van der Waals surface area contributed by atoms with Crippen molar-refractivity contribution in [3.05, 3.63) is 0 Å². The molecule has 2 atom stereocenters. The van der Waals surface area contributed by atoms with Crippen molar-refractivity contribution in [3.63, 3.8) is 0 Å². The Balaban J connectivity index is 3.50. The van der Waals surface area contributed by atoms with Gasteiger partial charge >= 0.3 is 0 Å². The number of hydrogen-bond acceptors (Lipinski definition) is 4. The minimum atomic E-state index is -0.125. The zero-order valence-electron chi connectivity index (χ0n) is 5.76. The summed E-state index contributed by atoms with van der Waals surface area (Å²) in [5, 5.41) is 16.8. The van der Waals surface area contributed by atoms with E-state index in [4.69, 9.17) is 10.4 Å². The van der Waals surface area contributed by atoms with Gasteiger partial charge in [-0.25, -0.2) is 11.0 Å². The van der Waals surface area contributed by atoms with Crippen LogP contribution < -0.4 is 11.0 Å². The van der Waals surface area contributed by atoms with Crippen molar-refractivity contribution < 1.29 is 10.4 Å². The zero-order chi connectivity index (χ0) is 7.28. The first kappa shape index (κ1) is 8.84. The molecule has 0 saturated heterocycles. The van der Waals surface area contributed by atoms with E-state index in [2.05, 4.69) is 5.48 Å². The Morgan fingerprint density at radius 3 is 2.00 bits per heavy atom. The summed E-state index contributed by atoms with van der Waals surface area (Å²) >= 11 is 0. The van der Waals surface area contributed by atoms with Crippen LogP contribution >= 0.6 is 0 Å². The average molecular weight is 134 g/mol. The van der Waals surface area contributed by atoms with Gasteiger partial charge in [0.25, 0.3) is 0 Å². The minimum Gasteiger partial charge on any atom is -0.316 e. The molecule has 0 aliphatic heterocycles. The molecule has 0 aromatic heterocycles. The van der Waals surface area contributed by atoms with Gasteiger partial charge in [0.2, 0.25) is 0 Å². The lowest BCUT2D eigenvalue weighted by atomic mass is 10.1. The summed E-state index contributed by atoms with van der Waals surface area (Å²) in [6.07, 6.45) is 0.769. The molecule has 0 rings (SSSR count). The molecule has 4 heteroatoms.